The van der Waals surface area contributed by atoms with Gasteiger partial charge in [0.05, 0.1) is 32.8 Å². The number of fused-ring (bicyclic) bond motifs is 1. The van der Waals surface area contributed by atoms with Crippen LogP contribution in [0.1, 0.15) is 5.01 Å². The van der Waals surface area contributed by atoms with Gasteiger partial charge in [0.2, 0.25) is 21.8 Å². The second-order valence-corrected chi connectivity index (χ2v) is 11.8. The number of H-pyrrole nitrogens is 1. The maximum atomic E-state index is 12.9. The number of nitrogens with zero attached hydrogens (tertiary/aromatic N) is 4. The van der Waals surface area contributed by atoms with Crippen LogP contribution in [0.15, 0.2) is 40.1 Å². The number of primary amides is 1. The van der Waals surface area contributed by atoms with Crippen molar-refractivity contribution in [2.45, 2.75) is 16.2 Å². The lowest BCUT2D eigenvalue weighted by Crippen LogP contribution is -2.22. The first-order chi connectivity index (χ1) is 16.0. The average molecular weight is 523 g/mol. The number of thiazole rings is 1. The summed E-state index contributed by atoms with van der Waals surface area (Å²) in [6.07, 6.45) is -0.0742. The lowest BCUT2D eigenvalue weighted by Gasteiger charge is -2.16. The lowest BCUT2D eigenvalue weighted by atomic mass is 9.98. The van der Waals surface area contributed by atoms with Crippen molar-refractivity contribution >= 4 is 47.3 Å². The van der Waals surface area contributed by atoms with Crippen LogP contribution in [0.5, 0.6) is 0 Å². The van der Waals surface area contributed by atoms with E-state index in [-0.39, 0.29) is 29.9 Å². The van der Waals surface area contributed by atoms with Crippen LogP contribution in [0.2, 0.25) is 0 Å². The van der Waals surface area contributed by atoms with Crippen molar-refractivity contribution in [2.75, 3.05) is 12.3 Å². The van der Waals surface area contributed by atoms with Gasteiger partial charge in [-0.3, -0.25) is 4.79 Å². The van der Waals surface area contributed by atoms with Gasteiger partial charge in [0, 0.05) is 12.1 Å². The third-order valence-electron chi connectivity index (χ3n) is 4.78. The number of sulfonamides is 1. The Labute approximate surface area is 197 Å². The van der Waals surface area contributed by atoms with Gasteiger partial charge in [0.15, 0.2) is 9.84 Å². The summed E-state index contributed by atoms with van der Waals surface area (Å²) >= 11 is 1.25. The molecular weight excluding hydrogens is 504 g/mol. The predicted molar refractivity (Wildman–Crippen MR) is 124 cm³/mol. The molecular formula is C18H18N8O5S3. The summed E-state index contributed by atoms with van der Waals surface area (Å²) in [5, 5.41) is 19.4. The fourth-order valence-electron chi connectivity index (χ4n) is 3.51. The van der Waals surface area contributed by atoms with Gasteiger partial charge in [-0.25, -0.2) is 27.0 Å². The lowest BCUT2D eigenvalue weighted by molar-refractivity contribution is -0.117. The highest BCUT2D eigenvalue weighted by atomic mass is 32.2. The molecule has 0 spiro atoms. The molecule has 0 saturated carbocycles. The van der Waals surface area contributed by atoms with Crippen LogP contribution in [0.25, 0.3) is 32.7 Å². The number of hydrogen-bond acceptors (Lipinski definition) is 11. The monoisotopic (exact) mass is 522 g/mol. The molecule has 1 amide bonds. The van der Waals surface area contributed by atoms with Crippen LogP contribution in [0.3, 0.4) is 0 Å². The first-order valence-electron chi connectivity index (χ1n) is 9.56. The largest absolute Gasteiger partial charge is 0.369 e. The number of nitrogens with two attached hydrogens (primary N) is 3. The highest BCUT2D eigenvalue weighted by Crippen LogP contribution is 2.41. The Morgan fingerprint density at radius 2 is 1.85 bits per heavy atom. The van der Waals surface area contributed by atoms with Crippen molar-refractivity contribution in [1.29, 1.82) is 0 Å². The number of nitrogens with one attached hydrogen (secondary N) is 1. The normalized spacial score (nSPS) is 12.3. The van der Waals surface area contributed by atoms with Crippen molar-refractivity contribution in [1.82, 2.24) is 25.6 Å². The Balaban J connectivity index is 2.12. The molecule has 0 atom stereocenters. The van der Waals surface area contributed by atoms with Crippen LogP contribution < -0.4 is 16.6 Å². The quantitative estimate of drug-likeness (QED) is 0.233. The Morgan fingerprint density at radius 1 is 1.09 bits per heavy atom. The third kappa shape index (κ3) is 4.40. The molecule has 0 aliphatic carbocycles. The van der Waals surface area contributed by atoms with Gasteiger partial charge in [0.25, 0.3) is 0 Å². The van der Waals surface area contributed by atoms with Gasteiger partial charge in [0.1, 0.15) is 9.90 Å². The van der Waals surface area contributed by atoms with E-state index >= 15 is 0 Å². The number of para-hydroxylation sites is 1. The van der Waals surface area contributed by atoms with Gasteiger partial charge in [-0.2, -0.15) is 5.21 Å². The highest BCUT2D eigenvalue weighted by molar-refractivity contribution is 7.93. The molecule has 7 N–H and O–H groups in total. The molecule has 2 aromatic carbocycles. The predicted octanol–water partition coefficient (Wildman–Crippen LogP) is -0.449. The molecule has 2 heterocycles. The summed E-state index contributed by atoms with van der Waals surface area (Å²) in [6.45, 7) is -0.230. The van der Waals surface area contributed by atoms with Crippen LogP contribution in [-0.4, -0.2) is 60.6 Å². The topological polar surface area (TPSA) is 231 Å². The van der Waals surface area contributed by atoms with Crippen molar-refractivity contribution < 1.29 is 21.6 Å². The maximum absolute atomic E-state index is 12.9. The number of hydrogen-bond donors (Lipinski definition) is 4. The van der Waals surface area contributed by atoms with Crippen LogP contribution in [-0.2, 0) is 31.1 Å². The van der Waals surface area contributed by atoms with E-state index in [9.17, 15) is 21.6 Å². The Bertz CT molecular complexity index is 1610. The van der Waals surface area contributed by atoms with Crippen molar-refractivity contribution in [2.24, 2.45) is 16.6 Å². The summed E-state index contributed by atoms with van der Waals surface area (Å²) in [5.41, 5.74) is 11.7. The van der Waals surface area contributed by atoms with E-state index in [1.54, 1.807) is 18.2 Å². The number of carbonyl (C=O) groups excluding carboxylic acids is 1. The SMILES string of the molecule is NCCS(=O)(=O)c1ccc(-c2cccc3sc(CC(N)=O)nc23)c(-c2nn[nH]n2)c1S(N)(=O)=O. The minimum Gasteiger partial charge on any atom is -0.369 e. The molecule has 0 unspecified atom stereocenters. The number of aromatic nitrogens is 5. The molecule has 0 saturated heterocycles. The first-order valence-corrected chi connectivity index (χ1v) is 13.6. The molecule has 34 heavy (non-hydrogen) atoms. The zero-order valence-corrected chi connectivity index (χ0v) is 19.7. The molecule has 0 aliphatic rings. The molecule has 4 aromatic rings. The summed E-state index contributed by atoms with van der Waals surface area (Å²) in [6, 6.07) is 7.72. The second kappa shape index (κ2) is 8.80. The van der Waals surface area contributed by atoms with Gasteiger partial charge >= 0.3 is 0 Å². The van der Waals surface area contributed by atoms with Gasteiger partial charge in [-0.1, -0.05) is 18.2 Å². The molecule has 16 heteroatoms. The van der Waals surface area contributed by atoms with Crippen molar-refractivity contribution in [3.05, 3.63) is 35.3 Å². The fraction of sp³-hybridized carbons (Fsp3) is 0.167. The number of carbonyl (C=O) groups is 1. The number of primary sulfonamides is 1. The fourth-order valence-corrected chi connectivity index (χ4v) is 7.26. The van der Waals surface area contributed by atoms with E-state index in [0.29, 0.717) is 20.8 Å². The van der Waals surface area contributed by atoms with Gasteiger partial charge in [-0.15, -0.1) is 21.5 Å². The zero-order valence-electron chi connectivity index (χ0n) is 17.3. The van der Waals surface area contributed by atoms with Gasteiger partial charge in [-0.05, 0) is 22.9 Å². The maximum Gasteiger partial charge on any atom is 0.240 e. The molecule has 13 nitrogen and oxygen atoms in total. The minimum absolute atomic E-state index is 0.0742. The third-order valence-corrected chi connectivity index (χ3v) is 8.70. The van der Waals surface area contributed by atoms with E-state index in [4.69, 9.17) is 16.6 Å². The molecule has 0 fully saturated rings. The zero-order chi connectivity index (χ0) is 24.7. The number of amides is 1. The van der Waals surface area contributed by atoms with E-state index in [0.717, 1.165) is 6.07 Å². The number of sulfone groups is 1. The van der Waals surface area contributed by atoms with E-state index in [2.05, 4.69) is 25.6 Å². The summed E-state index contributed by atoms with van der Waals surface area (Å²) in [7, 11) is -8.73. The molecule has 4 rings (SSSR count). The van der Waals surface area contributed by atoms with Crippen LogP contribution in [0, 0.1) is 0 Å². The van der Waals surface area contributed by atoms with Gasteiger partial charge < -0.3 is 11.5 Å². The van der Waals surface area contributed by atoms with Crippen LogP contribution in [0.4, 0.5) is 0 Å². The Kier molecular flexibility index (Phi) is 6.17. The van der Waals surface area contributed by atoms with Crippen molar-refractivity contribution in [3.63, 3.8) is 0 Å². The Hall–Kier alpha value is -3.31. The Morgan fingerprint density at radius 3 is 2.47 bits per heavy atom. The first kappa shape index (κ1) is 23.8. The number of aromatic amines is 1. The molecule has 0 radical (unpaired) electrons. The summed E-state index contributed by atoms with van der Waals surface area (Å²) in [5.74, 6) is -1.24. The van der Waals surface area contributed by atoms with E-state index in [1.165, 1.54) is 17.4 Å². The molecule has 178 valence electrons. The van der Waals surface area contributed by atoms with E-state index in [1.807, 2.05) is 0 Å². The number of tetrazole rings is 1. The summed E-state index contributed by atoms with van der Waals surface area (Å²) in [4.78, 5) is 14.6. The standard InChI is InChI=1S/C18H18N8O5S3/c19-6-7-33(28,29)12-5-4-9(15(17(12)34(21,30)31)18-23-25-26-24-18)10-2-1-3-11-16(10)22-14(32-11)8-13(20)27/h1-5H,6-8,19H2,(H2,20,27)(H2,21,30,31)(H,23,24,25,26). The average Bonchev–Trinajstić information content (AvgIpc) is 3.40. The molecule has 0 bridgehead atoms. The second-order valence-electron chi connectivity index (χ2n) is 7.11. The molecule has 2 aromatic heterocycles. The summed E-state index contributed by atoms with van der Waals surface area (Å²) < 4.78 is 51.9. The highest BCUT2D eigenvalue weighted by Gasteiger charge is 2.32. The van der Waals surface area contributed by atoms with Crippen LogP contribution >= 0.6 is 11.3 Å². The van der Waals surface area contributed by atoms with E-state index < -0.39 is 41.3 Å². The number of rotatable bonds is 8. The minimum atomic E-state index is -4.61. The number of benzene rings is 2. The molecule has 0 aliphatic heterocycles. The van der Waals surface area contributed by atoms with Crippen molar-refractivity contribution in [3.8, 4) is 22.5 Å². The smallest absolute Gasteiger partial charge is 0.240 e.